The van der Waals surface area contributed by atoms with Crippen molar-refractivity contribution >= 4 is 0 Å². The number of aromatic nitrogens is 1. The van der Waals surface area contributed by atoms with Gasteiger partial charge >= 0.3 is 0 Å². The van der Waals surface area contributed by atoms with Gasteiger partial charge in [-0.25, -0.2) is 0 Å². The number of nitrogens with one attached hydrogen (secondary N) is 1. The molecule has 3 rings (SSSR count). The van der Waals surface area contributed by atoms with Gasteiger partial charge < -0.3 is 9.88 Å². The Morgan fingerprint density at radius 2 is 2.00 bits per heavy atom. The molecule has 1 aliphatic heterocycles. The molecule has 1 aliphatic rings. The van der Waals surface area contributed by atoms with E-state index in [0.29, 0.717) is 6.04 Å². The topological polar surface area (TPSA) is 20.2 Å². The van der Waals surface area contributed by atoms with Crippen LogP contribution in [0.2, 0.25) is 0 Å². The molecule has 21 heavy (non-hydrogen) atoms. The van der Waals surface area contributed by atoms with Crippen LogP contribution in [0.25, 0.3) is 0 Å². The lowest BCUT2D eigenvalue weighted by Crippen LogP contribution is -2.45. The molecular formula is C18H25N3. The van der Waals surface area contributed by atoms with Crippen LogP contribution in [0, 0.1) is 0 Å². The zero-order chi connectivity index (χ0) is 14.5. The third kappa shape index (κ3) is 3.96. The van der Waals surface area contributed by atoms with Crippen LogP contribution >= 0.6 is 0 Å². The fourth-order valence-corrected chi connectivity index (χ4v) is 3.14. The van der Waals surface area contributed by atoms with Crippen LogP contribution < -0.4 is 5.32 Å². The summed E-state index contributed by atoms with van der Waals surface area (Å²) in [5, 5.41) is 3.72. The molecule has 0 spiro atoms. The van der Waals surface area contributed by atoms with Crippen LogP contribution in [-0.2, 0) is 20.1 Å². The van der Waals surface area contributed by atoms with Crippen molar-refractivity contribution in [3.63, 3.8) is 0 Å². The molecule has 112 valence electrons. The van der Waals surface area contributed by atoms with Gasteiger partial charge in [0.15, 0.2) is 0 Å². The number of benzene rings is 1. The van der Waals surface area contributed by atoms with E-state index in [1.54, 1.807) is 0 Å². The van der Waals surface area contributed by atoms with Gasteiger partial charge in [-0.15, -0.1) is 0 Å². The average molecular weight is 283 g/mol. The summed E-state index contributed by atoms with van der Waals surface area (Å²) in [5.41, 5.74) is 2.77. The van der Waals surface area contributed by atoms with Crippen molar-refractivity contribution in [2.75, 3.05) is 13.1 Å². The van der Waals surface area contributed by atoms with Crippen molar-refractivity contribution < 1.29 is 0 Å². The molecular weight excluding hydrogens is 258 g/mol. The molecule has 0 radical (unpaired) electrons. The van der Waals surface area contributed by atoms with E-state index in [0.717, 1.165) is 19.6 Å². The highest BCUT2D eigenvalue weighted by atomic mass is 15.2. The highest BCUT2D eigenvalue weighted by Crippen LogP contribution is 2.14. The molecule has 1 N–H and O–H groups in total. The third-order valence-corrected chi connectivity index (χ3v) is 4.38. The van der Waals surface area contributed by atoms with Crippen molar-refractivity contribution in [3.8, 4) is 0 Å². The standard InChI is InChI=1S/C18H25N3/c1-20-11-6-10-18(20)13-19-17-9-5-12-21(15-17)14-16-7-3-2-4-8-16/h2-4,6-8,10-11,17,19H,5,9,12-15H2,1H3. The number of piperidine rings is 1. The summed E-state index contributed by atoms with van der Waals surface area (Å²) < 4.78 is 2.19. The van der Waals surface area contributed by atoms with Gasteiger partial charge in [-0.05, 0) is 37.1 Å². The monoisotopic (exact) mass is 283 g/mol. The van der Waals surface area contributed by atoms with E-state index in [2.05, 4.69) is 70.5 Å². The molecule has 0 saturated carbocycles. The van der Waals surface area contributed by atoms with Crippen molar-refractivity contribution in [2.24, 2.45) is 7.05 Å². The summed E-state index contributed by atoms with van der Waals surface area (Å²) in [6, 6.07) is 15.7. The fourth-order valence-electron chi connectivity index (χ4n) is 3.14. The molecule has 3 nitrogen and oxygen atoms in total. The predicted octanol–water partition coefficient (Wildman–Crippen LogP) is 2.78. The minimum absolute atomic E-state index is 0.609. The van der Waals surface area contributed by atoms with E-state index in [1.807, 2.05) is 0 Å². The Kier molecular flexibility index (Phi) is 4.73. The molecule has 0 aliphatic carbocycles. The number of hydrogen-bond donors (Lipinski definition) is 1. The van der Waals surface area contributed by atoms with Crippen LogP contribution in [0.1, 0.15) is 24.1 Å². The lowest BCUT2D eigenvalue weighted by Gasteiger charge is -2.33. The Hall–Kier alpha value is -1.58. The lowest BCUT2D eigenvalue weighted by atomic mass is 10.0. The lowest BCUT2D eigenvalue weighted by molar-refractivity contribution is 0.182. The number of rotatable bonds is 5. The Morgan fingerprint density at radius 1 is 1.14 bits per heavy atom. The van der Waals surface area contributed by atoms with E-state index >= 15 is 0 Å². The first-order chi connectivity index (χ1) is 10.3. The van der Waals surface area contributed by atoms with E-state index in [9.17, 15) is 0 Å². The average Bonchev–Trinajstić information content (AvgIpc) is 2.92. The fraction of sp³-hybridized carbons (Fsp3) is 0.444. The van der Waals surface area contributed by atoms with Crippen LogP contribution in [0.4, 0.5) is 0 Å². The van der Waals surface area contributed by atoms with Gasteiger partial charge in [0.2, 0.25) is 0 Å². The second-order valence-corrected chi connectivity index (χ2v) is 6.05. The quantitative estimate of drug-likeness (QED) is 0.910. The molecule has 1 unspecified atom stereocenters. The molecule has 1 fully saturated rings. The summed E-state index contributed by atoms with van der Waals surface area (Å²) in [5.74, 6) is 0. The Balaban J connectivity index is 1.50. The molecule has 3 heteroatoms. The maximum atomic E-state index is 3.72. The minimum atomic E-state index is 0.609. The Bertz CT molecular complexity index is 547. The molecule has 1 saturated heterocycles. The summed E-state index contributed by atoms with van der Waals surface area (Å²) >= 11 is 0. The van der Waals surface area contributed by atoms with Gasteiger partial charge in [0, 0.05) is 44.6 Å². The molecule has 1 aromatic heterocycles. The summed E-state index contributed by atoms with van der Waals surface area (Å²) in [6.07, 6.45) is 4.69. The van der Waals surface area contributed by atoms with Gasteiger partial charge in [0.05, 0.1) is 0 Å². The second-order valence-electron chi connectivity index (χ2n) is 6.05. The maximum absolute atomic E-state index is 3.72. The molecule has 2 heterocycles. The number of aryl methyl sites for hydroxylation is 1. The minimum Gasteiger partial charge on any atom is -0.353 e. The van der Waals surface area contributed by atoms with Gasteiger partial charge in [-0.3, -0.25) is 4.90 Å². The van der Waals surface area contributed by atoms with Gasteiger partial charge in [0.25, 0.3) is 0 Å². The number of nitrogens with zero attached hydrogens (tertiary/aromatic N) is 2. The summed E-state index contributed by atoms with van der Waals surface area (Å²) in [4.78, 5) is 2.57. The highest BCUT2D eigenvalue weighted by molar-refractivity contribution is 5.14. The van der Waals surface area contributed by atoms with Gasteiger partial charge in [-0.1, -0.05) is 30.3 Å². The van der Waals surface area contributed by atoms with Crippen LogP contribution in [0.15, 0.2) is 48.7 Å². The van der Waals surface area contributed by atoms with Gasteiger partial charge in [-0.2, -0.15) is 0 Å². The Morgan fingerprint density at radius 3 is 2.76 bits per heavy atom. The van der Waals surface area contributed by atoms with Crippen LogP contribution in [0.3, 0.4) is 0 Å². The zero-order valence-corrected chi connectivity index (χ0v) is 12.8. The number of hydrogen-bond acceptors (Lipinski definition) is 2. The first-order valence-electron chi connectivity index (χ1n) is 7.91. The summed E-state index contributed by atoms with van der Waals surface area (Å²) in [7, 11) is 2.11. The van der Waals surface area contributed by atoms with E-state index < -0.39 is 0 Å². The van der Waals surface area contributed by atoms with Crippen LogP contribution in [0.5, 0.6) is 0 Å². The molecule has 2 aromatic rings. The molecule has 1 atom stereocenters. The SMILES string of the molecule is Cn1cccc1CNC1CCCN(Cc2ccccc2)C1. The van der Waals surface area contributed by atoms with E-state index in [-0.39, 0.29) is 0 Å². The Labute approximate surface area is 127 Å². The highest BCUT2D eigenvalue weighted by Gasteiger charge is 2.19. The number of likely N-dealkylation sites (tertiary alicyclic amines) is 1. The molecule has 0 amide bonds. The third-order valence-electron chi connectivity index (χ3n) is 4.38. The first-order valence-corrected chi connectivity index (χ1v) is 7.91. The van der Waals surface area contributed by atoms with E-state index in [4.69, 9.17) is 0 Å². The van der Waals surface area contributed by atoms with Crippen molar-refractivity contribution in [2.45, 2.75) is 32.0 Å². The van der Waals surface area contributed by atoms with Crippen molar-refractivity contribution in [1.82, 2.24) is 14.8 Å². The van der Waals surface area contributed by atoms with E-state index in [1.165, 1.54) is 30.6 Å². The normalized spacial score (nSPS) is 19.8. The summed E-state index contributed by atoms with van der Waals surface area (Å²) in [6.45, 7) is 4.41. The predicted molar refractivity (Wildman–Crippen MR) is 87.0 cm³/mol. The smallest absolute Gasteiger partial charge is 0.0362 e. The van der Waals surface area contributed by atoms with Gasteiger partial charge in [0.1, 0.15) is 0 Å². The molecule has 1 aromatic carbocycles. The first kappa shape index (κ1) is 14.4. The maximum Gasteiger partial charge on any atom is 0.0362 e. The zero-order valence-electron chi connectivity index (χ0n) is 12.8. The molecule has 0 bridgehead atoms. The second kappa shape index (κ2) is 6.92. The van der Waals surface area contributed by atoms with Crippen LogP contribution in [-0.4, -0.2) is 28.6 Å². The van der Waals surface area contributed by atoms with Crippen molar-refractivity contribution in [1.29, 1.82) is 0 Å². The van der Waals surface area contributed by atoms with Crippen molar-refractivity contribution in [3.05, 3.63) is 59.9 Å². The largest absolute Gasteiger partial charge is 0.353 e.